The molecule has 1 atom stereocenters. The van der Waals surface area contributed by atoms with Gasteiger partial charge >= 0.3 is 0 Å². The minimum absolute atomic E-state index is 0.220. The first-order valence-corrected chi connectivity index (χ1v) is 6.36. The summed E-state index contributed by atoms with van der Waals surface area (Å²) >= 11 is 0. The molecule has 0 aliphatic carbocycles. The number of anilines is 1. The molecular formula is C16H11NO3. The summed E-state index contributed by atoms with van der Waals surface area (Å²) in [5, 5.41) is 3.79. The van der Waals surface area contributed by atoms with E-state index in [4.69, 9.17) is 9.15 Å². The zero-order chi connectivity index (χ0) is 13.5. The fourth-order valence-corrected chi connectivity index (χ4v) is 2.37. The van der Waals surface area contributed by atoms with E-state index in [0.29, 0.717) is 17.2 Å². The molecule has 3 aromatic rings. The number of carbonyl (C=O) groups is 1. The SMILES string of the molecule is O=C1Nc2ccccc2OC1c1cc2ccccc2o1. The monoisotopic (exact) mass is 265 g/mol. The summed E-state index contributed by atoms with van der Waals surface area (Å²) in [6.07, 6.45) is -0.753. The third-order valence-corrected chi connectivity index (χ3v) is 3.33. The Bertz CT molecular complexity index is 773. The van der Waals surface area contributed by atoms with Crippen molar-refractivity contribution in [3.8, 4) is 5.75 Å². The molecule has 0 bridgehead atoms. The van der Waals surface area contributed by atoms with Crippen LogP contribution in [0.3, 0.4) is 0 Å². The first kappa shape index (κ1) is 11.1. The lowest BCUT2D eigenvalue weighted by Gasteiger charge is -2.24. The van der Waals surface area contributed by atoms with Crippen molar-refractivity contribution in [2.75, 3.05) is 5.32 Å². The lowest BCUT2D eigenvalue weighted by atomic mass is 10.1. The van der Waals surface area contributed by atoms with Crippen LogP contribution < -0.4 is 10.1 Å². The zero-order valence-electron chi connectivity index (χ0n) is 10.5. The van der Waals surface area contributed by atoms with Gasteiger partial charge in [-0.3, -0.25) is 4.79 Å². The maximum Gasteiger partial charge on any atom is 0.273 e. The fraction of sp³-hybridized carbons (Fsp3) is 0.0625. The molecule has 1 aliphatic heterocycles. The molecule has 0 saturated heterocycles. The quantitative estimate of drug-likeness (QED) is 0.732. The van der Waals surface area contributed by atoms with Gasteiger partial charge in [-0.2, -0.15) is 0 Å². The maximum absolute atomic E-state index is 12.1. The van der Waals surface area contributed by atoms with Crippen molar-refractivity contribution >= 4 is 22.6 Å². The van der Waals surface area contributed by atoms with E-state index in [0.717, 1.165) is 11.0 Å². The van der Waals surface area contributed by atoms with E-state index < -0.39 is 6.10 Å². The highest BCUT2D eigenvalue weighted by atomic mass is 16.5. The Balaban J connectivity index is 1.77. The number of furan rings is 1. The molecule has 0 saturated carbocycles. The molecule has 1 aliphatic rings. The minimum atomic E-state index is -0.753. The summed E-state index contributed by atoms with van der Waals surface area (Å²) in [5.74, 6) is 0.943. The summed E-state index contributed by atoms with van der Waals surface area (Å²) in [6, 6.07) is 16.8. The molecule has 1 amide bonds. The van der Waals surface area contributed by atoms with Crippen molar-refractivity contribution in [1.29, 1.82) is 0 Å². The summed E-state index contributed by atoms with van der Waals surface area (Å²) in [4.78, 5) is 12.1. The highest BCUT2D eigenvalue weighted by Gasteiger charge is 2.31. The summed E-state index contributed by atoms with van der Waals surface area (Å²) < 4.78 is 11.5. The van der Waals surface area contributed by atoms with E-state index in [1.54, 1.807) is 0 Å². The van der Waals surface area contributed by atoms with Gasteiger partial charge in [-0.25, -0.2) is 0 Å². The van der Waals surface area contributed by atoms with E-state index in [9.17, 15) is 4.79 Å². The number of fused-ring (bicyclic) bond motifs is 2. The van der Waals surface area contributed by atoms with Crippen LogP contribution in [0.1, 0.15) is 11.9 Å². The smallest absolute Gasteiger partial charge is 0.273 e. The topological polar surface area (TPSA) is 51.5 Å². The normalized spacial score (nSPS) is 17.4. The molecule has 4 nitrogen and oxygen atoms in total. The van der Waals surface area contributed by atoms with Gasteiger partial charge < -0.3 is 14.5 Å². The van der Waals surface area contributed by atoms with Crippen LogP contribution in [-0.4, -0.2) is 5.91 Å². The van der Waals surface area contributed by atoms with Crippen LogP contribution in [0.5, 0.6) is 5.75 Å². The maximum atomic E-state index is 12.1. The van der Waals surface area contributed by atoms with Crippen LogP contribution >= 0.6 is 0 Å². The molecule has 1 N–H and O–H groups in total. The Morgan fingerprint density at radius 3 is 2.70 bits per heavy atom. The van der Waals surface area contributed by atoms with Crippen LogP contribution in [-0.2, 0) is 4.79 Å². The Kier molecular flexibility index (Phi) is 2.29. The van der Waals surface area contributed by atoms with Gasteiger partial charge in [0, 0.05) is 5.39 Å². The average molecular weight is 265 g/mol. The van der Waals surface area contributed by atoms with Gasteiger partial charge in [-0.15, -0.1) is 0 Å². The number of benzene rings is 2. The van der Waals surface area contributed by atoms with E-state index in [1.807, 2.05) is 54.6 Å². The molecular weight excluding hydrogens is 254 g/mol. The Morgan fingerprint density at radius 1 is 1.00 bits per heavy atom. The zero-order valence-corrected chi connectivity index (χ0v) is 10.5. The first-order valence-electron chi connectivity index (χ1n) is 6.36. The van der Waals surface area contributed by atoms with Gasteiger partial charge in [-0.1, -0.05) is 30.3 Å². The molecule has 1 unspecified atom stereocenters. The van der Waals surface area contributed by atoms with Crippen LogP contribution in [0.2, 0.25) is 0 Å². The van der Waals surface area contributed by atoms with Crippen molar-refractivity contribution in [3.05, 3.63) is 60.4 Å². The molecule has 0 fully saturated rings. The van der Waals surface area contributed by atoms with E-state index in [-0.39, 0.29) is 5.91 Å². The second kappa shape index (κ2) is 4.13. The van der Waals surface area contributed by atoms with Crippen molar-refractivity contribution in [2.45, 2.75) is 6.10 Å². The molecule has 2 heterocycles. The van der Waals surface area contributed by atoms with E-state index in [1.165, 1.54) is 0 Å². The Morgan fingerprint density at radius 2 is 1.80 bits per heavy atom. The van der Waals surface area contributed by atoms with Crippen LogP contribution in [0.4, 0.5) is 5.69 Å². The van der Waals surface area contributed by atoms with Gasteiger partial charge in [0.2, 0.25) is 6.10 Å². The van der Waals surface area contributed by atoms with Gasteiger partial charge in [0.1, 0.15) is 11.3 Å². The lowest BCUT2D eigenvalue weighted by Crippen LogP contribution is -2.29. The minimum Gasteiger partial charge on any atom is -0.470 e. The number of carbonyl (C=O) groups excluding carboxylic acids is 1. The Labute approximate surface area is 115 Å². The summed E-state index contributed by atoms with van der Waals surface area (Å²) in [5.41, 5.74) is 1.43. The number of nitrogens with one attached hydrogen (secondary N) is 1. The average Bonchev–Trinajstić information content (AvgIpc) is 2.90. The molecule has 1 aromatic heterocycles. The van der Waals surface area contributed by atoms with Crippen LogP contribution in [0, 0.1) is 0 Å². The van der Waals surface area contributed by atoms with Gasteiger partial charge in [0.25, 0.3) is 5.91 Å². The highest BCUT2D eigenvalue weighted by Crippen LogP contribution is 2.36. The van der Waals surface area contributed by atoms with Crippen molar-refractivity contribution in [1.82, 2.24) is 0 Å². The largest absolute Gasteiger partial charge is 0.470 e. The molecule has 4 heteroatoms. The predicted octanol–water partition coefficient (Wildman–Crippen LogP) is 3.51. The van der Waals surface area contributed by atoms with Gasteiger partial charge in [0.15, 0.2) is 5.76 Å². The third kappa shape index (κ3) is 1.66. The Hall–Kier alpha value is -2.75. The van der Waals surface area contributed by atoms with Crippen LogP contribution in [0.15, 0.2) is 59.0 Å². The summed E-state index contributed by atoms with van der Waals surface area (Å²) in [6.45, 7) is 0. The highest BCUT2D eigenvalue weighted by molar-refractivity contribution is 5.98. The third-order valence-electron chi connectivity index (χ3n) is 3.33. The molecule has 0 radical (unpaired) electrons. The second-order valence-electron chi connectivity index (χ2n) is 4.67. The number of rotatable bonds is 1. The number of hydrogen-bond acceptors (Lipinski definition) is 3. The molecule has 4 rings (SSSR count). The number of para-hydroxylation sites is 3. The number of amides is 1. The number of ether oxygens (including phenoxy) is 1. The second-order valence-corrected chi connectivity index (χ2v) is 4.67. The first-order chi connectivity index (χ1) is 9.81. The van der Waals surface area contributed by atoms with Gasteiger partial charge in [-0.05, 0) is 24.3 Å². The van der Waals surface area contributed by atoms with Gasteiger partial charge in [0.05, 0.1) is 5.69 Å². The van der Waals surface area contributed by atoms with E-state index >= 15 is 0 Å². The van der Waals surface area contributed by atoms with E-state index in [2.05, 4.69) is 5.32 Å². The predicted molar refractivity (Wildman–Crippen MR) is 74.7 cm³/mol. The molecule has 0 spiro atoms. The fourth-order valence-electron chi connectivity index (χ4n) is 2.37. The molecule has 98 valence electrons. The van der Waals surface area contributed by atoms with Crippen LogP contribution in [0.25, 0.3) is 11.0 Å². The standard InChI is InChI=1S/C16H11NO3/c18-16-15(20-13-8-4-2-6-11(13)17-16)14-9-10-5-1-3-7-12(10)19-14/h1-9,15H,(H,17,18). The lowest BCUT2D eigenvalue weighted by molar-refractivity contribution is -0.124. The summed E-state index contributed by atoms with van der Waals surface area (Å²) in [7, 11) is 0. The molecule has 20 heavy (non-hydrogen) atoms. The van der Waals surface area contributed by atoms with Crippen molar-refractivity contribution in [3.63, 3.8) is 0 Å². The molecule has 2 aromatic carbocycles. The van der Waals surface area contributed by atoms with Crippen molar-refractivity contribution in [2.24, 2.45) is 0 Å². The number of hydrogen-bond donors (Lipinski definition) is 1. The van der Waals surface area contributed by atoms with Crippen molar-refractivity contribution < 1.29 is 13.9 Å².